The molecule has 2 N–H and O–H groups in total. The molecule has 4 aromatic rings. The van der Waals surface area contributed by atoms with Gasteiger partial charge in [0, 0.05) is 82.2 Å². The lowest BCUT2D eigenvalue weighted by molar-refractivity contribution is -0.134. The summed E-state index contributed by atoms with van der Waals surface area (Å²) in [6.07, 6.45) is 7.16. The van der Waals surface area contributed by atoms with Crippen molar-refractivity contribution in [1.29, 1.82) is 0 Å². The summed E-state index contributed by atoms with van der Waals surface area (Å²) in [6.45, 7) is 5.17. The van der Waals surface area contributed by atoms with Crippen LogP contribution in [0, 0.1) is 0 Å². The molecular weight excluding hydrogens is 620 g/mol. The minimum Gasteiger partial charge on any atom is -0.492 e. The second-order valence-electron chi connectivity index (χ2n) is 13.4. The van der Waals surface area contributed by atoms with E-state index in [1.165, 1.54) is 0 Å². The zero-order valence-corrected chi connectivity index (χ0v) is 28.2. The number of imide groups is 1. The molecule has 0 bridgehead atoms. The molecule has 2 aliphatic heterocycles. The number of amides is 3. The summed E-state index contributed by atoms with van der Waals surface area (Å²) < 4.78 is 8.20. The van der Waals surface area contributed by atoms with Crippen molar-refractivity contribution in [1.82, 2.24) is 29.7 Å². The molecule has 1 aliphatic carbocycles. The van der Waals surface area contributed by atoms with E-state index in [1.807, 2.05) is 42.5 Å². The van der Waals surface area contributed by atoms with Crippen molar-refractivity contribution >= 4 is 46.1 Å². The average Bonchev–Trinajstić information content (AvgIpc) is 3.77. The predicted molar refractivity (Wildman–Crippen MR) is 188 cm³/mol. The predicted octanol–water partition coefficient (Wildman–Crippen LogP) is 4.71. The number of aromatic nitrogens is 3. The van der Waals surface area contributed by atoms with Crippen LogP contribution in [0.5, 0.6) is 5.75 Å². The van der Waals surface area contributed by atoms with Crippen LogP contribution in [0.25, 0.3) is 11.0 Å². The summed E-state index contributed by atoms with van der Waals surface area (Å²) >= 11 is 0. The molecule has 3 amide bonds. The van der Waals surface area contributed by atoms with Crippen LogP contribution in [-0.4, -0.2) is 95.5 Å². The highest BCUT2D eigenvalue weighted by Crippen LogP contribution is 2.35. The number of hydrogen-bond donors (Lipinski definition) is 2. The van der Waals surface area contributed by atoms with Crippen molar-refractivity contribution in [3.8, 4) is 5.75 Å². The molecule has 49 heavy (non-hydrogen) atoms. The van der Waals surface area contributed by atoms with Gasteiger partial charge in [0.2, 0.25) is 17.8 Å². The zero-order valence-electron chi connectivity index (χ0n) is 28.2. The molecule has 1 unspecified atom stereocenters. The van der Waals surface area contributed by atoms with Crippen molar-refractivity contribution in [2.24, 2.45) is 0 Å². The molecule has 12 heteroatoms. The average molecular weight is 665 g/mol. The summed E-state index contributed by atoms with van der Waals surface area (Å²) in [4.78, 5) is 52.5. The first kappa shape index (κ1) is 32.6. The highest BCUT2D eigenvalue weighted by Gasteiger charge is 2.29. The van der Waals surface area contributed by atoms with Gasteiger partial charge in [0.1, 0.15) is 23.7 Å². The molecule has 1 saturated carbocycles. The molecule has 12 nitrogen and oxygen atoms in total. The van der Waals surface area contributed by atoms with Gasteiger partial charge < -0.3 is 24.4 Å². The number of nitrogens with one attached hydrogen (secondary N) is 2. The van der Waals surface area contributed by atoms with E-state index in [0.29, 0.717) is 31.1 Å². The van der Waals surface area contributed by atoms with Gasteiger partial charge in [0.25, 0.3) is 5.91 Å². The Hall–Kier alpha value is -4.97. The molecule has 7 rings (SSSR count). The van der Waals surface area contributed by atoms with Gasteiger partial charge in [-0.2, -0.15) is 4.98 Å². The van der Waals surface area contributed by atoms with Crippen LogP contribution < -0.4 is 20.3 Å². The first-order chi connectivity index (χ1) is 23.8. The van der Waals surface area contributed by atoms with E-state index < -0.39 is 0 Å². The lowest BCUT2D eigenvalue weighted by Crippen LogP contribution is -2.47. The summed E-state index contributed by atoms with van der Waals surface area (Å²) in [6, 6.07) is 18.2. The van der Waals surface area contributed by atoms with Gasteiger partial charge in [-0.3, -0.25) is 24.6 Å². The van der Waals surface area contributed by atoms with Crippen molar-refractivity contribution in [2.45, 2.75) is 50.5 Å². The van der Waals surface area contributed by atoms with Gasteiger partial charge in [-0.25, -0.2) is 4.98 Å². The Morgan fingerprint density at radius 1 is 0.980 bits per heavy atom. The van der Waals surface area contributed by atoms with E-state index in [2.05, 4.69) is 42.1 Å². The van der Waals surface area contributed by atoms with Crippen molar-refractivity contribution in [3.05, 3.63) is 72.1 Å². The molecule has 0 spiro atoms. The van der Waals surface area contributed by atoms with E-state index >= 15 is 0 Å². The maximum Gasteiger partial charge on any atom is 0.270 e. The Morgan fingerprint density at radius 2 is 1.71 bits per heavy atom. The number of piperidine rings is 1. The molecule has 4 heterocycles. The van der Waals surface area contributed by atoms with Crippen LogP contribution in [0.15, 0.2) is 60.8 Å². The molecular formula is C37H44N8O4. The third kappa shape index (κ3) is 7.24. The second kappa shape index (κ2) is 14.3. The van der Waals surface area contributed by atoms with Gasteiger partial charge in [0.15, 0.2) is 0 Å². The number of fused-ring (bicyclic) bond motifs is 1. The number of nitrogens with zero attached hydrogens (tertiary/aromatic N) is 6. The van der Waals surface area contributed by atoms with E-state index in [9.17, 15) is 14.4 Å². The quantitative estimate of drug-likeness (QED) is 0.232. The fraction of sp³-hybridized carbons (Fsp3) is 0.432. The highest BCUT2D eigenvalue weighted by molar-refractivity contribution is 6.01. The standard InChI is InChI=1S/C37H44N8O4/c1-42(2)36(48)32-23-26-24-38-37(41-34(26)45(32)29-5-3-4-6-29)39-27-9-13-30(14-10-27)49-22-21-43-17-19-44(20-18-43)28-11-7-25(8-12-28)31-15-16-33(46)40-35(31)47/h7-14,23-24,29,31H,3-6,15-22H2,1-2H3,(H,38,39,41)(H,40,46,47). The number of anilines is 3. The summed E-state index contributed by atoms with van der Waals surface area (Å²) in [7, 11) is 3.56. The molecule has 2 aromatic heterocycles. The van der Waals surface area contributed by atoms with Gasteiger partial charge >= 0.3 is 0 Å². The third-order valence-corrected chi connectivity index (χ3v) is 9.95. The molecule has 2 aromatic carbocycles. The minimum absolute atomic E-state index is 0.0205. The van der Waals surface area contributed by atoms with E-state index in [0.717, 1.165) is 92.1 Å². The van der Waals surface area contributed by atoms with Gasteiger partial charge in [-0.1, -0.05) is 25.0 Å². The molecule has 0 radical (unpaired) electrons. The maximum absolute atomic E-state index is 13.0. The fourth-order valence-electron chi connectivity index (χ4n) is 7.21. The smallest absolute Gasteiger partial charge is 0.270 e. The molecule has 3 fully saturated rings. The number of carbonyl (C=O) groups is 3. The normalized spacial score (nSPS) is 18.9. The van der Waals surface area contributed by atoms with Crippen LogP contribution in [-0.2, 0) is 9.59 Å². The molecule has 1 atom stereocenters. The number of rotatable bonds is 10. The monoisotopic (exact) mass is 664 g/mol. The van der Waals surface area contributed by atoms with Gasteiger partial charge in [-0.05, 0) is 67.3 Å². The van der Waals surface area contributed by atoms with Crippen LogP contribution in [0.2, 0.25) is 0 Å². The zero-order chi connectivity index (χ0) is 33.9. The molecule has 256 valence electrons. The Labute approximate surface area is 286 Å². The van der Waals surface area contributed by atoms with Crippen molar-refractivity contribution in [3.63, 3.8) is 0 Å². The number of hydrogen-bond acceptors (Lipinski definition) is 9. The third-order valence-electron chi connectivity index (χ3n) is 9.95. The second-order valence-corrected chi connectivity index (χ2v) is 13.4. The first-order valence-electron chi connectivity index (χ1n) is 17.3. The van der Waals surface area contributed by atoms with Gasteiger partial charge in [0.05, 0.1) is 5.92 Å². The number of ether oxygens (including phenoxy) is 1. The highest BCUT2D eigenvalue weighted by atomic mass is 16.5. The van der Waals surface area contributed by atoms with Gasteiger partial charge in [-0.15, -0.1) is 0 Å². The lowest BCUT2D eigenvalue weighted by atomic mass is 9.90. The maximum atomic E-state index is 13.0. The SMILES string of the molecule is CN(C)C(=O)c1cc2cnc(Nc3ccc(OCCN4CCN(c5ccc(C6CCC(=O)NC6=O)cc5)CC4)cc3)nc2n1C1CCCC1. The van der Waals surface area contributed by atoms with E-state index in [1.54, 1.807) is 25.2 Å². The van der Waals surface area contributed by atoms with Crippen molar-refractivity contribution in [2.75, 3.05) is 63.6 Å². The Bertz CT molecular complexity index is 1810. The largest absolute Gasteiger partial charge is 0.492 e. The van der Waals surface area contributed by atoms with E-state index in [-0.39, 0.29) is 29.7 Å². The summed E-state index contributed by atoms with van der Waals surface area (Å²) in [5.41, 5.74) is 4.42. The number of piperazine rings is 1. The van der Waals surface area contributed by atoms with Crippen molar-refractivity contribution < 1.29 is 19.1 Å². The summed E-state index contributed by atoms with van der Waals surface area (Å²) in [5.74, 6) is 0.636. The number of benzene rings is 2. The fourth-order valence-corrected chi connectivity index (χ4v) is 7.21. The lowest BCUT2D eigenvalue weighted by Gasteiger charge is -2.36. The Balaban J connectivity index is 0.891. The topological polar surface area (TPSA) is 125 Å². The first-order valence-corrected chi connectivity index (χ1v) is 17.3. The van der Waals surface area contributed by atoms with Crippen LogP contribution >= 0.6 is 0 Å². The van der Waals surface area contributed by atoms with Crippen LogP contribution in [0.1, 0.15) is 66.5 Å². The van der Waals surface area contributed by atoms with Crippen LogP contribution in [0.4, 0.5) is 17.3 Å². The Kier molecular flexibility index (Phi) is 9.47. The molecule has 3 aliphatic rings. The Morgan fingerprint density at radius 3 is 2.41 bits per heavy atom. The molecule has 2 saturated heterocycles. The van der Waals surface area contributed by atoms with E-state index in [4.69, 9.17) is 9.72 Å². The number of carbonyl (C=O) groups excluding carboxylic acids is 3. The summed E-state index contributed by atoms with van der Waals surface area (Å²) in [5, 5.41) is 6.64. The van der Waals surface area contributed by atoms with Crippen LogP contribution in [0.3, 0.4) is 0 Å². The minimum atomic E-state index is -0.254.